The summed E-state index contributed by atoms with van der Waals surface area (Å²) in [7, 11) is 0. The molecule has 3 nitrogen and oxygen atoms in total. The van der Waals surface area contributed by atoms with E-state index >= 15 is 0 Å². The highest BCUT2D eigenvalue weighted by Gasteiger charge is 2.06. The molecule has 0 fully saturated rings. The van der Waals surface area contributed by atoms with E-state index in [0.29, 0.717) is 22.2 Å². The van der Waals surface area contributed by atoms with Crippen molar-refractivity contribution in [3.63, 3.8) is 0 Å². The van der Waals surface area contributed by atoms with Gasteiger partial charge in [0.1, 0.15) is 0 Å². The molecule has 0 atom stereocenters. The summed E-state index contributed by atoms with van der Waals surface area (Å²) in [5.41, 5.74) is 0.433. The minimum Gasteiger partial charge on any atom is -0.351 e. The van der Waals surface area contributed by atoms with Gasteiger partial charge >= 0.3 is 0 Å². The molecule has 1 aromatic carbocycles. The number of nitriles is 1. The predicted octanol–water partition coefficient (Wildman–Crippen LogP) is 2.64. The number of nitrogens with zero attached hydrogens (tertiary/aromatic N) is 1. The third kappa shape index (κ3) is 3.43. The maximum Gasteiger partial charge on any atom is 0.251 e. The highest BCUT2D eigenvalue weighted by Crippen LogP contribution is 2.22. The summed E-state index contributed by atoms with van der Waals surface area (Å²) in [6.45, 7) is 0.329. The van der Waals surface area contributed by atoms with Crippen molar-refractivity contribution >= 4 is 29.1 Å². The smallest absolute Gasteiger partial charge is 0.251 e. The molecule has 1 amide bonds. The van der Waals surface area contributed by atoms with Gasteiger partial charge < -0.3 is 5.32 Å². The molecule has 0 heterocycles. The predicted molar refractivity (Wildman–Crippen MR) is 59.0 cm³/mol. The van der Waals surface area contributed by atoms with Gasteiger partial charge in [-0.3, -0.25) is 4.79 Å². The van der Waals surface area contributed by atoms with Gasteiger partial charge in [-0.2, -0.15) is 5.26 Å². The number of benzene rings is 1. The van der Waals surface area contributed by atoms with E-state index in [0.717, 1.165) is 0 Å². The first-order valence-electron chi connectivity index (χ1n) is 4.25. The van der Waals surface area contributed by atoms with Crippen molar-refractivity contribution < 1.29 is 4.79 Å². The van der Waals surface area contributed by atoms with Gasteiger partial charge in [-0.15, -0.1) is 0 Å². The zero-order valence-corrected chi connectivity index (χ0v) is 9.27. The zero-order chi connectivity index (χ0) is 11.3. The Morgan fingerprint density at radius 2 is 2.13 bits per heavy atom. The summed E-state index contributed by atoms with van der Waals surface area (Å²) in [5.74, 6) is -0.260. The monoisotopic (exact) mass is 242 g/mol. The topological polar surface area (TPSA) is 52.9 Å². The van der Waals surface area contributed by atoms with E-state index < -0.39 is 0 Å². The molecule has 1 N–H and O–H groups in total. The highest BCUT2D eigenvalue weighted by molar-refractivity contribution is 6.42. The number of hydrogen-bond acceptors (Lipinski definition) is 2. The first-order chi connectivity index (χ1) is 7.15. The summed E-state index contributed by atoms with van der Waals surface area (Å²) in [6, 6.07) is 6.56. The Hall–Kier alpha value is -1.24. The van der Waals surface area contributed by atoms with Crippen molar-refractivity contribution in [2.24, 2.45) is 0 Å². The molecular formula is C10H8Cl2N2O. The van der Waals surface area contributed by atoms with E-state index in [-0.39, 0.29) is 12.3 Å². The SMILES string of the molecule is N#CCCNC(=O)c1ccc(Cl)c(Cl)c1. The molecule has 0 saturated carbocycles. The number of hydrogen-bond donors (Lipinski definition) is 1. The molecule has 1 rings (SSSR count). The van der Waals surface area contributed by atoms with Crippen LogP contribution in [0.25, 0.3) is 0 Å². The third-order valence-electron chi connectivity index (χ3n) is 1.70. The maximum absolute atomic E-state index is 11.5. The van der Waals surface area contributed by atoms with E-state index in [2.05, 4.69) is 5.32 Å². The minimum absolute atomic E-state index is 0.260. The second kappa shape index (κ2) is 5.59. The van der Waals surface area contributed by atoms with Gasteiger partial charge in [0.15, 0.2) is 0 Å². The van der Waals surface area contributed by atoms with E-state index in [1.807, 2.05) is 6.07 Å². The fourth-order valence-corrected chi connectivity index (χ4v) is 1.27. The van der Waals surface area contributed by atoms with Crippen molar-refractivity contribution in [2.75, 3.05) is 6.54 Å². The van der Waals surface area contributed by atoms with Gasteiger partial charge in [0.05, 0.1) is 22.5 Å². The van der Waals surface area contributed by atoms with Crippen molar-refractivity contribution in [2.45, 2.75) is 6.42 Å². The van der Waals surface area contributed by atoms with Crippen LogP contribution in [0.1, 0.15) is 16.8 Å². The number of carbonyl (C=O) groups is 1. The highest BCUT2D eigenvalue weighted by atomic mass is 35.5. The van der Waals surface area contributed by atoms with Crippen LogP contribution in [0.4, 0.5) is 0 Å². The van der Waals surface area contributed by atoms with Crippen LogP contribution in [0.3, 0.4) is 0 Å². The van der Waals surface area contributed by atoms with E-state index in [1.54, 1.807) is 12.1 Å². The lowest BCUT2D eigenvalue weighted by Gasteiger charge is -2.03. The molecule has 0 aromatic heterocycles. The Labute approximate surface area is 97.6 Å². The molecule has 5 heteroatoms. The fourth-order valence-electron chi connectivity index (χ4n) is 0.971. The molecule has 0 aliphatic carbocycles. The molecule has 0 saturated heterocycles. The number of amides is 1. The maximum atomic E-state index is 11.5. The first-order valence-corrected chi connectivity index (χ1v) is 5.01. The van der Waals surface area contributed by atoms with Crippen LogP contribution >= 0.6 is 23.2 Å². The van der Waals surface area contributed by atoms with Crippen molar-refractivity contribution in [1.29, 1.82) is 5.26 Å². The lowest BCUT2D eigenvalue weighted by atomic mass is 10.2. The first kappa shape index (κ1) is 11.8. The van der Waals surface area contributed by atoms with Gasteiger partial charge in [-0.05, 0) is 18.2 Å². The van der Waals surface area contributed by atoms with Crippen LogP contribution in [-0.2, 0) is 0 Å². The number of carbonyl (C=O) groups excluding carboxylic acids is 1. The van der Waals surface area contributed by atoms with Crippen molar-refractivity contribution in [1.82, 2.24) is 5.32 Å². The lowest BCUT2D eigenvalue weighted by Crippen LogP contribution is -2.24. The molecule has 0 unspecified atom stereocenters. The van der Waals surface area contributed by atoms with Gasteiger partial charge in [0.2, 0.25) is 0 Å². The molecule has 15 heavy (non-hydrogen) atoms. The minimum atomic E-state index is -0.260. The van der Waals surface area contributed by atoms with Gasteiger partial charge in [0.25, 0.3) is 5.91 Å². The molecule has 0 bridgehead atoms. The average Bonchev–Trinajstić information content (AvgIpc) is 2.22. The number of nitrogens with one attached hydrogen (secondary N) is 1. The van der Waals surface area contributed by atoms with Crippen LogP contribution in [0, 0.1) is 11.3 Å². The molecule has 0 spiro atoms. The Morgan fingerprint density at radius 1 is 1.40 bits per heavy atom. The van der Waals surface area contributed by atoms with E-state index in [1.165, 1.54) is 6.07 Å². The summed E-state index contributed by atoms with van der Waals surface area (Å²) in [4.78, 5) is 11.5. The van der Waals surface area contributed by atoms with Gasteiger partial charge in [-0.1, -0.05) is 23.2 Å². The van der Waals surface area contributed by atoms with Crippen LogP contribution in [0.5, 0.6) is 0 Å². The Morgan fingerprint density at radius 3 is 2.73 bits per heavy atom. The van der Waals surface area contributed by atoms with Gasteiger partial charge in [-0.25, -0.2) is 0 Å². The summed E-state index contributed by atoms with van der Waals surface area (Å²) in [6.07, 6.45) is 0.285. The normalized spacial score (nSPS) is 9.40. The van der Waals surface area contributed by atoms with Crippen LogP contribution in [-0.4, -0.2) is 12.5 Å². The molecule has 78 valence electrons. The largest absolute Gasteiger partial charge is 0.351 e. The zero-order valence-electron chi connectivity index (χ0n) is 7.76. The number of halogens is 2. The van der Waals surface area contributed by atoms with Crippen LogP contribution in [0.15, 0.2) is 18.2 Å². The van der Waals surface area contributed by atoms with Crippen molar-refractivity contribution in [3.05, 3.63) is 33.8 Å². The molecule has 1 aromatic rings. The molecule has 0 aliphatic heterocycles. The van der Waals surface area contributed by atoms with Crippen molar-refractivity contribution in [3.8, 4) is 6.07 Å². The van der Waals surface area contributed by atoms with Crippen LogP contribution in [0.2, 0.25) is 10.0 Å². The van der Waals surface area contributed by atoms with E-state index in [9.17, 15) is 4.79 Å². The van der Waals surface area contributed by atoms with Crippen LogP contribution < -0.4 is 5.32 Å². The molecule has 0 aliphatic rings. The lowest BCUT2D eigenvalue weighted by molar-refractivity contribution is 0.0954. The molecule has 0 radical (unpaired) electrons. The second-order valence-electron chi connectivity index (χ2n) is 2.79. The standard InChI is InChI=1S/C10H8Cl2N2O/c11-8-3-2-7(6-9(8)12)10(15)14-5-1-4-13/h2-3,6H,1,5H2,(H,14,15). The summed E-state index contributed by atoms with van der Waals surface area (Å²) < 4.78 is 0. The number of rotatable bonds is 3. The quantitative estimate of drug-likeness (QED) is 0.829. The third-order valence-corrected chi connectivity index (χ3v) is 2.44. The van der Waals surface area contributed by atoms with E-state index in [4.69, 9.17) is 28.5 Å². The van der Waals surface area contributed by atoms with Gasteiger partial charge in [0, 0.05) is 12.1 Å². The summed E-state index contributed by atoms with van der Waals surface area (Å²) in [5, 5.41) is 11.6. The average molecular weight is 243 g/mol. The Bertz CT molecular complexity index is 412. The summed E-state index contributed by atoms with van der Waals surface area (Å²) >= 11 is 11.5. The Balaban J connectivity index is 2.67. The Kier molecular flexibility index (Phi) is 4.41. The fraction of sp³-hybridized carbons (Fsp3) is 0.200. The second-order valence-corrected chi connectivity index (χ2v) is 3.61. The molecular weight excluding hydrogens is 235 g/mol.